The molecular formula is C11H23N3O3S. The summed E-state index contributed by atoms with van der Waals surface area (Å²) in [6.45, 7) is 8.10. The predicted molar refractivity (Wildman–Crippen MR) is 74.7 cm³/mol. The van der Waals surface area contributed by atoms with Crippen molar-refractivity contribution >= 4 is 15.8 Å². The number of rotatable bonds is 9. The number of guanidine groups is 1. The molecule has 0 bridgehead atoms. The number of hydrogen-bond acceptors (Lipinski definition) is 4. The summed E-state index contributed by atoms with van der Waals surface area (Å²) in [7, 11) is -2.94. The Labute approximate surface area is 109 Å². The van der Waals surface area contributed by atoms with E-state index in [-0.39, 0.29) is 12.4 Å². The zero-order chi connectivity index (χ0) is 13.9. The van der Waals surface area contributed by atoms with Crippen LogP contribution >= 0.6 is 0 Å². The normalized spacial score (nSPS) is 12.2. The predicted octanol–water partition coefficient (Wildman–Crippen LogP) is -0.211. The molecule has 2 N–H and O–H groups in total. The molecule has 18 heavy (non-hydrogen) atoms. The van der Waals surface area contributed by atoms with Crippen molar-refractivity contribution < 1.29 is 13.2 Å². The molecule has 0 aromatic heterocycles. The number of nitrogens with zero attached hydrogens (tertiary/aromatic N) is 1. The van der Waals surface area contributed by atoms with Gasteiger partial charge in [-0.1, -0.05) is 6.08 Å². The van der Waals surface area contributed by atoms with E-state index in [0.717, 1.165) is 6.54 Å². The lowest BCUT2D eigenvalue weighted by molar-refractivity contribution is 0.157. The first-order chi connectivity index (χ1) is 8.49. The van der Waals surface area contributed by atoms with Crippen LogP contribution in [0.1, 0.15) is 6.92 Å². The van der Waals surface area contributed by atoms with E-state index in [1.165, 1.54) is 6.26 Å². The Bertz CT molecular complexity index is 353. The molecule has 0 fully saturated rings. The highest BCUT2D eigenvalue weighted by Gasteiger charge is 2.00. The van der Waals surface area contributed by atoms with Crippen molar-refractivity contribution in [1.29, 1.82) is 0 Å². The van der Waals surface area contributed by atoms with Gasteiger partial charge in [0.1, 0.15) is 9.84 Å². The SMILES string of the molecule is C=CCNC(=NCCOCCS(C)(=O)=O)NCC. The molecule has 106 valence electrons. The number of aliphatic imine (C=N–C) groups is 1. The Kier molecular flexibility index (Phi) is 9.31. The second kappa shape index (κ2) is 9.90. The average molecular weight is 277 g/mol. The second-order valence-corrected chi connectivity index (χ2v) is 5.93. The van der Waals surface area contributed by atoms with Gasteiger partial charge in [0.2, 0.25) is 0 Å². The van der Waals surface area contributed by atoms with Crippen LogP contribution in [0.2, 0.25) is 0 Å². The maximum Gasteiger partial charge on any atom is 0.191 e. The standard InChI is InChI=1S/C11H23N3O3S/c1-4-6-13-11(12-5-2)14-7-8-17-9-10-18(3,15)16/h4H,1,5-10H2,2-3H3,(H2,12,13,14). The molecule has 0 rings (SSSR count). The molecular weight excluding hydrogens is 254 g/mol. The third kappa shape index (κ3) is 11.4. The van der Waals surface area contributed by atoms with Crippen LogP contribution in [0.5, 0.6) is 0 Å². The van der Waals surface area contributed by atoms with Gasteiger partial charge in [0.25, 0.3) is 0 Å². The summed E-state index contributed by atoms with van der Waals surface area (Å²) in [4.78, 5) is 4.26. The van der Waals surface area contributed by atoms with Crippen molar-refractivity contribution in [3.05, 3.63) is 12.7 Å². The summed E-state index contributed by atoms with van der Waals surface area (Å²) in [5, 5.41) is 6.13. The Balaban J connectivity index is 3.78. The zero-order valence-electron chi connectivity index (χ0n) is 11.1. The van der Waals surface area contributed by atoms with Gasteiger partial charge in [0.05, 0.1) is 25.5 Å². The summed E-state index contributed by atoms with van der Waals surface area (Å²) < 4.78 is 26.9. The zero-order valence-corrected chi connectivity index (χ0v) is 11.9. The van der Waals surface area contributed by atoms with Crippen LogP contribution in [0.3, 0.4) is 0 Å². The number of sulfone groups is 1. The molecule has 0 aromatic rings. The second-order valence-electron chi connectivity index (χ2n) is 3.67. The molecule has 0 saturated carbocycles. The molecule has 0 atom stereocenters. The summed E-state index contributed by atoms with van der Waals surface area (Å²) >= 11 is 0. The molecule has 0 aliphatic heterocycles. The Hall–Kier alpha value is -1.08. The number of ether oxygens (including phenoxy) is 1. The van der Waals surface area contributed by atoms with Crippen molar-refractivity contribution in [3.63, 3.8) is 0 Å². The fraction of sp³-hybridized carbons (Fsp3) is 0.727. The first-order valence-electron chi connectivity index (χ1n) is 5.88. The molecule has 0 saturated heterocycles. The number of hydrogen-bond donors (Lipinski definition) is 2. The first-order valence-corrected chi connectivity index (χ1v) is 7.94. The van der Waals surface area contributed by atoms with Gasteiger partial charge in [-0.2, -0.15) is 0 Å². The summed E-state index contributed by atoms with van der Waals surface area (Å²) in [5.74, 6) is 0.745. The van der Waals surface area contributed by atoms with Gasteiger partial charge in [0.15, 0.2) is 5.96 Å². The molecule has 0 aliphatic rings. The Morgan fingerprint density at radius 3 is 2.67 bits per heavy atom. The van der Waals surface area contributed by atoms with E-state index < -0.39 is 9.84 Å². The van der Waals surface area contributed by atoms with Gasteiger partial charge in [-0.05, 0) is 6.92 Å². The van der Waals surface area contributed by atoms with E-state index in [9.17, 15) is 8.42 Å². The van der Waals surface area contributed by atoms with E-state index in [2.05, 4.69) is 22.2 Å². The monoisotopic (exact) mass is 277 g/mol. The maximum absolute atomic E-state index is 10.8. The fourth-order valence-electron chi connectivity index (χ4n) is 1.04. The smallest absolute Gasteiger partial charge is 0.191 e. The van der Waals surface area contributed by atoms with Gasteiger partial charge in [-0.15, -0.1) is 6.58 Å². The molecule has 0 aromatic carbocycles. The molecule has 0 amide bonds. The molecule has 7 heteroatoms. The van der Waals surface area contributed by atoms with Crippen LogP contribution in [0, 0.1) is 0 Å². The minimum Gasteiger partial charge on any atom is -0.378 e. The van der Waals surface area contributed by atoms with Crippen LogP contribution in [0.4, 0.5) is 0 Å². The van der Waals surface area contributed by atoms with Gasteiger partial charge < -0.3 is 15.4 Å². The van der Waals surface area contributed by atoms with Crippen molar-refractivity contribution in [2.24, 2.45) is 4.99 Å². The lowest BCUT2D eigenvalue weighted by Gasteiger charge is -2.09. The third-order valence-electron chi connectivity index (χ3n) is 1.86. The third-order valence-corrected chi connectivity index (χ3v) is 2.77. The highest BCUT2D eigenvalue weighted by atomic mass is 32.2. The topological polar surface area (TPSA) is 79.8 Å². The van der Waals surface area contributed by atoms with Crippen LogP contribution in [0.25, 0.3) is 0 Å². The molecule has 0 unspecified atom stereocenters. The van der Waals surface area contributed by atoms with Gasteiger partial charge in [0, 0.05) is 19.3 Å². The molecule has 0 spiro atoms. The van der Waals surface area contributed by atoms with Crippen LogP contribution < -0.4 is 10.6 Å². The van der Waals surface area contributed by atoms with E-state index in [0.29, 0.717) is 25.7 Å². The van der Waals surface area contributed by atoms with Crippen molar-refractivity contribution in [1.82, 2.24) is 10.6 Å². The van der Waals surface area contributed by atoms with Crippen molar-refractivity contribution in [2.75, 3.05) is 44.9 Å². The lowest BCUT2D eigenvalue weighted by Crippen LogP contribution is -2.37. The van der Waals surface area contributed by atoms with Crippen LogP contribution in [-0.4, -0.2) is 59.2 Å². The molecule has 6 nitrogen and oxygen atoms in total. The van der Waals surface area contributed by atoms with Gasteiger partial charge in [-0.3, -0.25) is 4.99 Å². The average Bonchev–Trinajstić information content (AvgIpc) is 2.29. The highest BCUT2D eigenvalue weighted by Crippen LogP contribution is 1.84. The van der Waals surface area contributed by atoms with Crippen molar-refractivity contribution in [3.8, 4) is 0 Å². The fourth-order valence-corrected chi connectivity index (χ4v) is 1.47. The number of nitrogens with one attached hydrogen (secondary N) is 2. The quantitative estimate of drug-likeness (QED) is 0.264. The molecule has 0 radical (unpaired) electrons. The van der Waals surface area contributed by atoms with E-state index in [1.54, 1.807) is 6.08 Å². The minimum absolute atomic E-state index is 0.0471. The van der Waals surface area contributed by atoms with E-state index >= 15 is 0 Å². The van der Waals surface area contributed by atoms with Gasteiger partial charge in [-0.25, -0.2) is 8.42 Å². The van der Waals surface area contributed by atoms with E-state index in [4.69, 9.17) is 4.74 Å². The van der Waals surface area contributed by atoms with Crippen LogP contribution in [0.15, 0.2) is 17.6 Å². The van der Waals surface area contributed by atoms with E-state index in [1.807, 2.05) is 6.92 Å². The minimum atomic E-state index is -2.94. The molecule has 0 heterocycles. The summed E-state index contributed by atoms with van der Waals surface area (Å²) in [6, 6.07) is 0. The highest BCUT2D eigenvalue weighted by molar-refractivity contribution is 7.90. The lowest BCUT2D eigenvalue weighted by atomic mass is 10.6. The van der Waals surface area contributed by atoms with Crippen LogP contribution in [-0.2, 0) is 14.6 Å². The largest absolute Gasteiger partial charge is 0.378 e. The Morgan fingerprint density at radius 2 is 2.11 bits per heavy atom. The summed E-state index contributed by atoms with van der Waals surface area (Å²) in [6.07, 6.45) is 2.94. The first kappa shape index (κ1) is 16.9. The maximum atomic E-state index is 10.8. The Morgan fingerprint density at radius 1 is 1.39 bits per heavy atom. The molecule has 0 aliphatic carbocycles. The van der Waals surface area contributed by atoms with Crippen molar-refractivity contribution in [2.45, 2.75) is 6.92 Å². The van der Waals surface area contributed by atoms with Gasteiger partial charge >= 0.3 is 0 Å². The summed E-state index contributed by atoms with van der Waals surface area (Å²) in [5.41, 5.74) is 0.